The van der Waals surface area contributed by atoms with E-state index < -0.39 is 29.6 Å². The van der Waals surface area contributed by atoms with E-state index in [1.54, 1.807) is 20.8 Å². The molecule has 2 atom stereocenters. The average molecular weight is 219 g/mol. The number of likely N-dealkylation sites (tertiary alicyclic amines) is 1. The number of carbonyl (C=O) groups is 1. The summed E-state index contributed by atoms with van der Waals surface area (Å²) >= 11 is 0. The topological polar surface area (TPSA) is 29.5 Å². The van der Waals surface area contributed by atoms with Crippen molar-refractivity contribution in [3.63, 3.8) is 0 Å². The smallest absolute Gasteiger partial charge is 0.410 e. The van der Waals surface area contributed by atoms with E-state index in [0.717, 1.165) is 4.90 Å². The van der Waals surface area contributed by atoms with E-state index in [4.69, 9.17) is 4.74 Å². The van der Waals surface area contributed by atoms with E-state index in [0.29, 0.717) is 13.0 Å². The van der Waals surface area contributed by atoms with Gasteiger partial charge in [-0.3, -0.25) is 4.90 Å². The lowest BCUT2D eigenvalue weighted by Crippen LogP contribution is -2.39. The largest absolute Gasteiger partial charge is 0.444 e. The molecule has 3 nitrogen and oxygen atoms in total. The first kappa shape index (κ1) is 10.6. The van der Waals surface area contributed by atoms with Crippen molar-refractivity contribution in [1.82, 2.24) is 4.90 Å². The highest BCUT2D eigenvalue weighted by Gasteiger charge is 2.74. The monoisotopic (exact) mass is 219 g/mol. The summed E-state index contributed by atoms with van der Waals surface area (Å²) in [6.45, 7) is 5.57. The molecule has 2 rings (SSSR count). The zero-order valence-corrected chi connectivity index (χ0v) is 9.09. The van der Waals surface area contributed by atoms with E-state index in [9.17, 15) is 13.6 Å². The maximum Gasteiger partial charge on any atom is 0.410 e. The molecule has 1 saturated carbocycles. The van der Waals surface area contributed by atoms with Gasteiger partial charge in [0.1, 0.15) is 11.6 Å². The lowest BCUT2D eigenvalue weighted by atomic mass is 10.2. The number of nitrogens with zero attached hydrogens (tertiary/aromatic N) is 1. The SMILES string of the molecule is CC(C)(C)OC(=O)N1CC[C@@H]2[C@H]1C2(F)F. The van der Waals surface area contributed by atoms with E-state index in [-0.39, 0.29) is 0 Å². The summed E-state index contributed by atoms with van der Waals surface area (Å²) in [5, 5.41) is 0. The number of alkyl halides is 2. The molecule has 1 saturated heterocycles. The van der Waals surface area contributed by atoms with Gasteiger partial charge in [-0.2, -0.15) is 0 Å². The van der Waals surface area contributed by atoms with Crippen molar-refractivity contribution in [2.75, 3.05) is 6.54 Å². The van der Waals surface area contributed by atoms with E-state index in [2.05, 4.69) is 0 Å². The molecule has 15 heavy (non-hydrogen) atoms. The van der Waals surface area contributed by atoms with E-state index >= 15 is 0 Å². The molecule has 86 valence electrons. The van der Waals surface area contributed by atoms with Crippen LogP contribution in [0, 0.1) is 5.92 Å². The Balaban J connectivity index is 1.99. The summed E-state index contributed by atoms with van der Waals surface area (Å²) in [7, 11) is 0. The van der Waals surface area contributed by atoms with Gasteiger partial charge in [0.15, 0.2) is 0 Å². The molecule has 1 heterocycles. The van der Waals surface area contributed by atoms with Gasteiger partial charge in [0.05, 0.1) is 5.92 Å². The number of carbonyl (C=O) groups excluding carboxylic acids is 1. The standard InChI is InChI=1S/C10H15F2NO2/c1-9(2,3)15-8(14)13-5-4-6-7(13)10(6,11)12/h6-7H,4-5H2,1-3H3/t6-,7+/m1/s1. The lowest BCUT2D eigenvalue weighted by molar-refractivity contribution is 0.00508. The summed E-state index contributed by atoms with van der Waals surface area (Å²) in [4.78, 5) is 12.7. The van der Waals surface area contributed by atoms with Gasteiger partial charge in [-0.15, -0.1) is 0 Å². The highest BCUT2D eigenvalue weighted by Crippen LogP contribution is 2.58. The van der Waals surface area contributed by atoms with Crippen LogP contribution in [0.5, 0.6) is 0 Å². The van der Waals surface area contributed by atoms with Gasteiger partial charge in [0, 0.05) is 6.54 Å². The second kappa shape index (κ2) is 2.83. The Kier molecular flexibility index (Phi) is 2.01. The summed E-state index contributed by atoms with van der Waals surface area (Å²) in [6, 6.07) is -0.910. The minimum Gasteiger partial charge on any atom is -0.444 e. The van der Waals surface area contributed by atoms with Crippen molar-refractivity contribution < 1.29 is 18.3 Å². The number of fused-ring (bicyclic) bond motifs is 1. The molecule has 1 aliphatic carbocycles. The van der Waals surface area contributed by atoms with Gasteiger partial charge in [-0.05, 0) is 27.2 Å². The molecule has 0 bridgehead atoms. The van der Waals surface area contributed by atoms with Crippen molar-refractivity contribution in [3.8, 4) is 0 Å². The molecule has 0 radical (unpaired) electrons. The molecule has 2 aliphatic rings. The third kappa shape index (κ3) is 1.68. The number of halogens is 2. The number of amides is 1. The van der Waals surface area contributed by atoms with Crippen LogP contribution < -0.4 is 0 Å². The van der Waals surface area contributed by atoms with Crippen molar-refractivity contribution in [1.29, 1.82) is 0 Å². The van der Waals surface area contributed by atoms with Crippen molar-refractivity contribution in [2.24, 2.45) is 5.92 Å². The van der Waals surface area contributed by atoms with Crippen molar-refractivity contribution in [3.05, 3.63) is 0 Å². The second-order valence-corrected chi connectivity index (χ2v) is 5.19. The van der Waals surface area contributed by atoms with Crippen LogP contribution in [0.2, 0.25) is 0 Å². The minimum absolute atomic E-state index is 0.386. The Hall–Kier alpha value is -0.870. The molecule has 0 N–H and O–H groups in total. The lowest BCUT2D eigenvalue weighted by Gasteiger charge is -2.25. The van der Waals surface area contributed by atoms with Crippen LogP contribution in [0.25, 0.3) is 0 Å². The Labute approximate surface area is 87.4 Å². The molecular weight excluding hydrogens is 204 g/mol. The number of ether oxygens (including phenoxy) is 1. The van der Waals surface area contributed by atoms with Gasteiger partial charge in [0.2, 0.25) is 0 Å². The van der Waals surface area contributed by atoms with Crippen LogP contribution in [0.3, 0.4) is 0 Å². The molecule has 0 unspecified atom stereocenters. The zero-order valence-electron chi connectivity index (χ0n) is 9.09. The normalized spacial score (nSPS) is 32.5. The predicted molar refractivity (Wildman–Crippen MR) is 49.8 cm³/mol. The number of piperidine rings is 1. The molecule has 0 aromatic carbocycles. The molecule has 0 aromatic heterocycles. The van der Waals surface area contributed by atoms with Gasteiger partial charge >= 0.3 is 6.09 Å². The maximum absolute atomic E-state index is 13.0. The molecular formula is C10H15F2NO2. The van der Waals surface area contributed by atoms with Crippen molar-refractivity contribution in [2.45, 2.75) is 44.8 Å². The molecule has 2 fully saturated rings. The quantitative estimate of drug-likeness (QED) is 0.625. The number of hydrogen-bond donors (Lipinski definition) is 0. The van der Waals surface area contributed by atoms with Gasteiger partial charge in [-0.25, -0.2) is 13.6 Å². The summed E-state index contributed by atoms with van der Waals surface area (Å²) in [5.41, 5.74) is -0.626. The maximum atomic E-state index is 13.0. The molecule has 0 spiro atoms. The van der Waals surface area contributed by atoms with E-state index in [1.807, 2.05) is 0 Å². The average Bonchev–Trinajstić information content (AvgIpc) is 2.42. The highest BCUT2D eigenvalue weighted by atomic mass is 19.3. The zero-order chi connectivity index (χ0) is 11.4. The van der Waals surface area contributed by atoms with Crippen LogP contribution in [-0.4, -0.2) is 35.1 Å². The minimum atomic E-state index is -2.69. The van der Waals surface area contributed by atoms with Crippen LogP contribution in [-0.2, 0) is 4.74 Å². The second-order valence-electron chi connectivity index (χ2n) is 5.19. The number of rotatable bonds is 0. The fraction of sp³-hybridized carbons (Fsp3) is 0.900. The Morgan fingerprint density at radius 1 is 1.47 bits per heavy atom. The predicted octanol–water partition coefficient (Wildman–Crippen LogP) is 2.26. The van der Waals surface area contributed by atoms with Crippen LogP contribution in [0.1, 0.15) is 27.2 Å². The Morgan fingerprint density at radius 2 is 2.07 bits per heavy atom. The van der Waals surface area contributed by atoms with Gasteiger partial charge in [-0.1, -0.05) is 0 Å². The summed E-state index contributed by atoms with van der Waals surface area (Å²) in [6.07, 6.45) is -0.233. The van der Waals surface area contributed by atoms with Crippen LogP contribution >= 0.6 is 0 Å². The Morgan fingerprint density at radius 3 is 2.47 bits per heavy atom. The molecule has 1 amide bonds. The van der Waals surface area contributed by atoms with Crippen molar-refractivity contribution >= 4 is 6.09 Å². The molecule has 1 aliphatic heterocycles. The first-order valence-corrected chi connectivity index (χ1v) is 5.11. The summed E-state index contributed by atoms with van der Waals surface area (Å²) in [5.74, 6) is -3.32. The van der Waals surface area contributed by atoms with Gasteiger partial charge < -0.3 is 4.74 Å². The first-order chi connectivity index (χ1) is 6.73. The molecule has 0 aromatic rings. The number of hydrogen-bond acceptors (Lipinski definition) is 2. The third-order valence-corrected chi connectivity index (χ3v) is 2.81. The fourth-order valence-electron chi connectivity index (χ4n) is 2.09. The van der Waals surface area contributed by atoms with Crippen LogP contribution in [0.4, 0.5) is 13.6 Å². The highest BCUT2D eigenvalue weighted by molar-refractivity contribution is 5.70. The molecule has 5 heteroatoms. The summed E-state index contributed by atoms with van der Waals surface area (Å²) < 4.78 is 31.1. The van der Waals surface area contributed by atoms with Crippen LogP contribution in [0.15, 0.2) is 0 Å². The van der Waals surface area contributed by atoms with Gasteiger partial charge in [0.25, 0.3) is 5.92 Å². The first-order valence-electron chi connectivity index (χ1n) is 5.11. The fourth-order valence-corrected chi connectivity index (χ4v) is 2.09. The third-order valence-electron chi connectivity index (χ3n) is 2.81. The van der Waals surface area contributed by atoms with E-state index in [1.165, 1.54) is 0 Å². The Bertz CT molecular complexity index is 298.